The van der Waals surface area contributed by atoms with Gasteiger partial charge in [0.1, 0.15) is 0 Å². The zero-order valence-electron chi connectivity index (χ0n) is 13.0. The molecule has 0 saturated heterocycles. The standard InChI is InChI=1S/C15H20N6O/c1-9-14(18-19-15(17-9)21(3)16)11-4-6-12-10(8-11)5-7-13(22)20(12)2/h4,6,8-9H,5,7,16H2,1-3H3,(H,17,19). The van der Waals surface area contributed by atoms with Gasteiger partial charge in [-0.3, -0.25) is 9.80 Å². The zero-order valence-corrected chi connectivity index (χ0v) is 13.0. The highest BCUT2D eigenvalue weighted by Gasteiger charge is 2.24. The van der Waals surface area contributed by atoms with Gasteiger partial charge >= 0.3 is 0 Å². The molecule has 0 fully saturated rings. The number of rotatable bonds is 1. The minimum atomic E-state index is -0.0803. The van der Waals surface area contributed by atoms with Crippen LogP contribution in [0, 0.1) is 0 Å². The predicted octanol–water partition coefficient (Wildman–Crippen LogP) is 0.453. The SMILES string of the molecule is CC1N=C(N(C)N)NN=C1c1ccc2c(c1)CCC(=O)N2C. The van der Waals surface area contributed by atoms with Gasteiger partial charge in [-0.2, -0.15) is 5.10 Å². The summed E-state index contributed by atoms with van der Waals surface area (Å²) in [4.78, 5) is 18.0. The Morgan fingerprint density at radius 1 is 1.41 bits per heavy atom. The first-order valence-corrected chi connectivity index (χ1v) is 7.27. The van der Waals surface area contributed by atoms with Gasteiger partial charge in [-0.25, -0.2) is 16.3 Å². The number of hydrogen-bond acceptors (Lipinski definition) is 6. The van der Waals surface area contributed by atoms with Crippen molar-refractivity contribution in [2.24, 2.45) is 15.9 Å². The Morgan fingerprint density at radius 2 is 2.18 bits per heavy atom. The van der Waals surface area contributed by atoms with Crippen molar-refractivity contribution < 1.29 is 4.79 Å². The molecule has 0 spiro atoms. The molecule has 1 atom stereocenters. The molecule has 0 saturated carbocycles. The Labute approximate surface area is 129 Å². The van der Waals surface area contributed by atoms with E-state index in [1.807, 2.05) is 26.1 Å². The average Bonchev–Trinajstić information content (AvgIpc) is 2.50. The smallest absolute Gasteiger partial charge is 0.229 e. The van der Waals surface area contributed by atoms with Crippen LogP contribution in [0.1, 0.15) is 24.5 Å². The van der Waals surface area contributed by atoms with Crippen LogP contribution in [0.3, 0.4) is 0 Å². The van der Waals surface area contributed by atoms with Crippen molar-refractivity contribution >= 4 is 23.3 Å². The molecular formula is C15H20N6O. The minimum Gasteiger partial charge on any atom is -0.315 e. The van der Waals surface area contributed by atoms with Gasteiger partial charge < -0.3 is 4.90 Å². The van der Waals surface area contributed by atoms with E-state index in [-0.39, 0.29) is 11.9 Å². The summed E-state index contributed by atoms with van der Waals surface area (Å²) in [6, 6.07) is 5.98. The molecule has 2 aliphatic rings. The van der Waals surface area contributed by atoms with Crippen molar-refractivity contribution in [2.75, 3.05) is 19.0 Å². The normalized spacial score (nSPS) is 20.8. The first-order chi connectivity index (χ1) is 10.5. The fraction of sp³-hybridized carbons (Fsp3) is 0.400. The van der Waals surface area contributed by atoms with Crippen LogP contribution in [-0.2, 0) is 11.2 Å². The molecule has 116 valence electrons. The number of aryl methyl sites for hydroxylation is 1. The highest BCUT2D eigenvalue weighted by Crippen LogP contribution is 2.28. The second kappa shape index (κ2) is 5.42. The van der Waals surface area contributed by atoms with Crippen LogP contribution in [0.2, 0.25) is 0 Å². The molecule has 1 aromatic rings. The predicted molar refractivity (Wildman–Crippen MR) is 86.7 cm³/mol. The van der Waals surface area contributed by atoms with Crippen molar-refractivity contribution in [3.8, 4) is 0 Å². The van der Waals surface area contributed by atoms with Crippen LogP contribution in [0.25, 0.3) is 0 Å². The third-order valence-electron chi connectivity index (χ3n) is 4.04. The minimum absolute atomic E-state index is 0.0803. The Hall–Kier alpha value is -2.41. The van der Waals surface area contributed by atoms with Crippen molar-refractivity contribution in [1.82, 2.24) is 10.4 Å². The van der Waals surface area contributed by atoms with Crippen LogP contribution in [-0.4, -0.2) is 42.7 Å². The molecule has 1 amide bonds. The Kier molecular flexibility index (Phi) is 3.58. The topological polar surface area (TPSA) is 86.3 Å². The number of nitrogens with one attached hydrogen (secondary N) is 1. The number of carbonyl (C=O) groups excluding carboxylic acids is 1. The quantitative estimate of drug-likeness (QED) is 0.582. The van der Waals surface area contributed by atoms with Crippen LogP contribution in [0.4, 0.5) is 5.69 Å². The van der Waals surface area contributed by atoms with Gasteiger partial charge in [0.25, 0.3) is 0 Å². The second-order valence-electron chi connectivity index (χ2n) is 5.64. The molecule has 2 aliphatic heterocycles. The molecule has 2 heterocycles. The number of fused-ring (bicyclic) bond motifs is 1. The van der Waals surface area contributed by atoms with Crippen molar-refractivity contribution in [2.45, 2.75) is 25.8 Å². The number of anilines is 1. The molecule has 0 aliphatic carbocycles. The van der Waals surface area contributed by atoms with E-state index in [4.69, 9.17) is 5.84 Å². The van der Waals surface area contributed by atoms with Gasteiger partial charge in [0, 0.05) is 31.8 Å². The lowest BCUT2D eigenvalue weighted by Gasteiger charge is -2.27. The molecule has 7 heteroatoms. The van der Waals surface area contributed by atoms with Crippen molar-refractivity contribution in [3.63, 3.8) is 0 Å². The monoisotopic (exact) mass is 300 g/mol. The highest BCUT2D eigenvalue weighted by atomic mass is 16.2. The molecule has 7 nitrogen and oxygen atoms in total. The lowest BCUT2D eigenvalue weighted by atomic mass is 9.95. The van der Waals surface area contributed by atoms with Gasteiger partial charge in [-0.1, -0.05) is 6.07 Å². The first-order valence-electron chi connectivity index (χ1n) is 7.27. The maximum Gasteiger partial charge on any atom is 0.229 e. The van der Waals surface area contributed by atoms with Gasteiger partial charge in [0.15, 0.2) is 0 Å². The Morgan fingerprint density at radius 3 is 2.86 bits per heavy atom. The largest absolute Gasteiger partial charge is 0.315 e. The van der Waals surface area contributed by atoms with E-state index >= 15 is 0 Å². The zero-order chi connectivity index (χ0) is 15.9. The van der Waals surface area contributed by atoms with Gasteiger partial charge in [-0.05, 0) is 31.0 Å². The molecule has 3 N–H and O–H groups in total. The molecule has 0 radical (unpaired) electrons. The molecule has 1 unspecified atom stereocenters. The number of hydrazone groups is 1. The van der Waals surface area contributed by atoms with Crippen molar-refractivity contribution in [3.05, 3.63) is 29.3 Å². The summed E-state index contributed by atoms with van der Waals surface area (Å²) in [7, 11) is 3.53. The summed E-state index contributed by atoms with van der Waals surface area (Å²) in [6.07, 6.45) is 1.31. The summed E-state index contributed by atoms with van der Waals surface area (Å²) < 4.78 is 0. The first kappa shape index (κ1) is 14.5. The van der Waals surface area contributed by atoms with Crippen LogP contribution < -0.4 is 16.2 Å². The van der Waals surface area contributed by atoms with Crippen molar-refractivity contribution in [1.29, 1.82) is 0 Å². The number of guanidine groups is 1. The maximum absolute atomic E-state index is 11.8. The van der Waals surface area contributed by atoms with E-state index in [0.29, 0.717) is 12.4 Å². The number of aliphatic imine (C=N–C) groups is 1. The highest BCUT2D eigenvalue weighted by molar-refractivity contribution is 6.08. The summed E-state index contributed by atoms with van der Waals surface area (Å²) >= 11 is 0. The Bertz CT molecular complexity index is 679. The van der Waals surface area contributed by atoms with E-state index in [0.717, 1.165) is 23.4 Å². The molecule has 0 bridgehead atoms. The summed E-state index contributed by atoms with van der Waals surface area (Å²) in [6.45, 7) is 1.98. The fourth-order valence-electron chi connectivity index (χ4n) is 2.77. The van der Waals surface area contributed by atoms with E-state index in [2.05, 4.69) is 21.6 Å². The lowest BCUT2D eigenvalue weighted by molar-refractivity contribution is -0.118. The maximum atomic E-state index is 11.8. The number of nitrogens with two attached hydrogens (primary N) is 1. The number of benzene rings is 1. The van der Waals surface area contributed by atoms with E-state index in [1.54, 1.807) is 11.9 Å². The third kappa shape index (κ3) is 2.43. The third-order valence-corrected chi connectivity index (χ3v) is 4.04. The van der Waals surface area contributed by atoms with E-state index in [1.165, 1.54) is 10.6 Å². The molecule has 22 heavy (non-hydrogen) atoms. The molecular weight excluding hydrogens is 280 g/mol. The van der Waals surface area contributed by atoms with Crippen LogP contribution in [0.5, 0.6) is 0 Å². The molecule has 3 rings (SSSR count). The summed E-state index contributed by atoms with van der Waals surface area (Å²) in [5.41, 5.74) is 6.90. The lowest BCUT2D eigenvalue weighted by Crippen LogP contribution is -2.45. The van der Waals surface area contributed by atoms with Crippen LogP contribution >= 0.6 is 0 Å². The summed E-state index contributed by atoms with van der Waals surface area (Å²) in [5, 5.41) is 5.81. The Balaban J connectivity index is 1.90. The van der Waals surface area contributed by atoms with E-state index < -0.39 is 0 Å². The second-order valence-corrected chi connectivity index (χ2v) is 5.64. The van der Waals surface area contributed by atoms with Gasteiger partial charge in [-0.15, -0.1) is 0 Å². The number of amides is 1. The average molecular weight is 300 g/mol. The van der Waals surface area contributed by atoms with E-state index in [9.17, 15) is 4.79 Å². The number of carbonyl (C=O) groups is 1. The molecule has 0 aromatic heterocycles. The summed E-state index contributed by atoms with van der Waals surface area (Å²) in [5.74, 6) is 6.37. The van der Waals surface area contributed by atoms with Gasteiger partial charge in [0.05, 0.1) is 11.8 Å². The number of nitrogens with zero attached hydrogens (tertiary/aromatic N) is 4. The number of hydrogen-bond donors (Lipinski definition) is 2. The fourth-order valence-corrected chi connectivity index (χ4v) is 2.77. The van der Waals surface area contributed by atoms with Gasteiger partial charge in [0.2, 0.25) is 11.9 Å². The number of hydrazine groups is 1. The molecule has 1 aromatic carbocycles. The van der Waals surface area contributed by atoms with Crippen LogP contribution in [0.15, 0.2) is 28.3 Å².